The summed E-state index contributed by atoms with van der Waals surface area (Å²) in [6.07, 6.45) is -16.6. The summed E-state index contributed by atoms with van der Waals surface area (Å²) in [5, 5.41) is 30.2. The topological polar surface area (TPSA) is 93.7 Å². The summed E-state index contributed by atoms with van der Waals surface area (Å²) in [6, 6.07) is 12.4. The molecular formula is C36H11F9N6O. The van der Waals surface area contributed by atoms with Crippen molar-refractivity contribution in [3.8, 4) is 24.0 Å². The van der Waals surface area contributed by atoms with Crippen LogP contribution in [-0.2, 0) is 12.4 Å². The molecule has 0 aliphatic heterocycles. The first-order chi connectivity index (χ1) is 24.4. The highest BCUT2D eigenvalue weighted by atomic mass is 19.4. The van der Waals surface area contributed by atoms with E-state index in [0.717, 1.165) is 12.1 Å². The molecule has 254 valence electrons. The number of ether oxygens (including phenoxy) is 1. The van der Waals surface area contributed by atoms with Gasteiger partial charge in [0, 0.05) is 16.7 Å². The van der Waals surface area contributed by atoms with Crippen LogP contribution in [0.3, 0.4) is 0 Å². The number of halogens is 9. The Labute approximate surface area is 287 Å². The number of benzene rings is 3. The van der Waals surface area contributed by atoms with Gasteiger partial charge >= 0.3 is 18.7 Å². The quantitative estimate of drug-likeness (QED) is 0.153. The van der Waals surface area contributed by atoms with Gasteiger partial charge in [-0.15, -0.1) is 13.2 Å². The fourth-order valence-electron chi connectivity index (χ4n) is 6.13. The lowest BCUT2D eigenvalue weighted by atomic mass is 9.82. The molecule has 52 heavy (non-hydrogen) atoms. The van der Waals surface area contributed by atoms with Crippen molar-refractivity contribution in [2.45, 2.75) is 25.6 Å². The molecule has 5 rings (SSSR count). The van der Waals surface area contributed by atoms with Crippen molar-refractivity contribution in [2.24, 2.45) is 0 Å². The predicted octanol–water partition coefficient (Wildman–Crippen LogP) is 10.5. The lowest BCUT2D eigenvalue weighted by Crippen LogP contribution is -2.20. The molecule has 0 heterocycles. The molecule has 0 saturated carbocycles. The van der Waals surface area contributed by atoms with Crippen molar-refractivity contribution in [2.75, 3.05) is 0 Å². The molecule has 2 aliphatic carbocycles. The van der Waals surface area contributed by atoms with Crippen molar-refractivity contribution in [3.05, 3.63) is 144 Å². The van der Waals surface area contributed by atoms with Gasteiger partial charge in [0.1, 0.15) is 11.8 Å². The maximum atomic E-state index is 15.6. The van der Waals surface area contributed by atoms with E-state index in [1.807, 2.05) is 0 Å². The standard InChI is InChI=1S/C36H11F9N6O/c1-16-5-7-18(8-6-16)24-27(22(15-48)50-3)29-30(33(24)51-4)31(34(37,38)39)25-20(13-46)23(17-9-11-19(12-10-17)52-36(43,44)45)26(21(14-47)49-2)28(25)32(29)35(40,41)42/h5-12H,1H3/b26-21-,27-22+. The Hall–Kier alpha value is -7.27. The van der Waals surface area contributed by atoms with Crippen LogP contribution in [0.2, 0.25) is 0 Å². The number of aryl methyl sites for hydroxylation is 1. The Kier molecular flexibility index (Phi) is 8.70. The minimum Gasteiger partial charge on any atom is -0.406 e. The van der Waals surface area contributed by atoms with Gasteiger partial charge in [-0.1, -0.05) is 42.0 Å². The monoisotopic (exact) mass is 714 g/mol. The summed E-state index contributed by atoms with van der Waals surface area (Å²) in [6.45, 7) is 24.7. The van der Waals surface area contributed by atoms with Gasteiger partial charge in [0.25, 0.3) is 11.4 Å². The van der Waals surface area contributed by atoms with Crippen LogP contribution in [0, 0.1) is 60.6 Å². The van der Waals surface area contributed by atoms with Crippen LogP contribution in [0.4, 0.5) is 39.5 Å². The Morgan fingerprint density at radius 2 is 1.08 bits per heavy atom. The maximum Gasteiger partial charge on any atom is 0.573 e. The molecule has 7 nitrogen and oxygen atoms in total. The molecule has 3 aromatic rings. The van der Waals surface area contributed by atoms with Gasteiger partial charge in [0.05, 0.1) is 48.6 Å². The van der Waals surface area contributed by atoms with E-state index in [1.54, 1.807) is 6.92 Å². The second-order valence-electron chi connectivity index (χ2n) is 10.8. The number of nitrogens with zero attached hydrogens (tertiary/aromatic N) is 6. The molecule has 0 fully saturated rings. The zero-order valence-corrected chi connectivity index (χ0v) is 25.6. The molecule has 0 amide bonds. The Balaban J connectivity index is 2.13. The van der Waals surface area contributed by atoms with Gasteiger partial charge in [-0.25, -0.2) is 25.1 Å². The Bertz CT molecular complexity index is 2460. The van der Waals surface area contributed by atoms with E-state index in [2.05, 4.69) is 19.3 Å². The first-order valence-corrected chi connectivity index (χ1v) is 14.0. The first kappa shape index (κ1) is 36.0. The molecule has 0 aromatic heterocycles. The third-order valence-corrected chi connectivity index (χ3v) is 7.89. The van der Waals surface area contributed by atoms with E-state index >= 15 is 26.3 Å². The van der Waals surface area contributed by atoms with Crippen molar-refractivity contribution in [1.29, 1.82) is 15.8 Å². The summed E-state index contributed by atoms with van der Waals surface area (Å²) >= 11 is 0. The average molecular weight is 715 g/mol. The minimum absolute atomic E-state index is 0.131. The summed E-state index contributed by atoms with van der Waals surface area (Å²) in [4.78, 5) is 9.10. The fourth-order valence-corrected chi connectivity index (χ4v) is 6.13. The number of nitriles is 3. The molecule has 0 saturated heterocycles. The molecule has 0 unspecified atom stereocenters. The van der Waals surface area contributed by atoms with Gasteiger partial charge in [0.15, 0.2) is 0 Å². The van der Waals surface area contributed by atoms with Crippen molar-refractivity contribution in [1.82, 2.24) is 0 Å². The second-order valence-corrected chi connectivity index (χ2v) is 10.8. The van der Waals surface area contributed by atoms with Crippen LogP contribution in [0.5, 0.6) is 5.75 Å². The van der Waals surface area contributed by atoms with E-state index in [1.165, 1.54) is 42.5 Å². The summed E-state index contributed by atoms with van der Waals surface area (Å²) in [5.41, 5.74) is -17.9. The zero-order chi connectivity index (χ0) is 38.5. The number of fused-ring (bicyclic) bond motifs is 2. The Morgan fingerprint density at radius 1 is 0.635 bits per heavy atom. The van der Waals surface area contributed by atoms with Gasteiger partial charge in [0.2, 0.25) is 5.70 Å². The largest absolute Gasteiger partial charge is 0.573 e. The molecule has 2 aliphatic rings. The van der Waals surface area contributed by atoms with Crippen LogP contribution in [0.25, 0.3) is 48.1 Å². The Morgan fingerprint density at radius 3 is 1.50 bits per heavy atom. The lowest BCUT2D eigenvalue weighted by molar-refractivity contribution is -0.274. The number of rotatable bonds is 3. The highest BCUT2D eigenvalue weighted by Crippen LogP contribution is 2.63. The van der Waals surface area contributed by atoms with E-state index in [0.29, 0.717) is 17.7 Å². The van der Waals surface area contributed by atoms with Crippen molar-refractivity contribution < 1.29 is 44.3 Å². The summed E-state index contributed by atoms with van der Waals surface area (Å²) in [7, 11) is 0. The van der Waals surface area contributed by atoms with Crippen LogP contribution < -0.4 is 4.74 Å². The van der Waals surface area contributed by atoms with Crippen LogP contribution in [0.15, 0.2) is 59.9 Å². The smallest absolute Gasteiger partial charge is 0.406 e. The van der Waals surface area contributed by atoms with Gasteiger partial charge in [-0.3, -0.25) is 0 Å². The molecular weight excluding hydrogens is 703 g/mol. The van der Waals surface area contributed by atoms with Crippen molar-refractivity contribution >= 4 is 33.6 Å². The maximum absolute atomic E-state index is 15.6. The summed E-state index contributed by atoms with van der Waals surface area (Å²) in [5.74, 6) is -0.860. The summed E-state index contributed by atoms with van der Waals surface area (Å²) < 4.78 is 136. The molecule has 0 atom stereocenters. The fraction of sp³-hybridized carbons (Fsp3) is 0.111. The second kappa shape index (κ2) is 12.6. The zero-order valence-electron chi connectivity index (χ0n) is 25.6. The highest BCUT2D eigenvalue weighted by molar-refractivity contribution is 6.30. The SMILES string of the molecule is [C-]#[N+]C1=C(c2ccc(C)cc2)/C(=C(/C#N)[N+]#[C-])c2c1c(C(F)(F)F)c1c(c2C(F)(F)F)/C(=C(/C#N)[N+]#[C-])C(c2ccc(OC(F)(F)F)cc2)=C1C#N. The van der Waals surface area contributed by atoms with Crippen LogP contribution in [-0.4, -0.2) is 6.36 Å². The number of hydrogen-bond acceptors (Lipinski definition) is 4. The van der Waals surface area contributed by atoms with E-state index < -0.39 is 108 Å². The van der Waals surface area contributed by atoms with Gasteiger partial charge in [-0.2, -0.15) is 31.6 Å². The molecule has 0 spiro atoms. The number of allylic oxidation sites excluding steroid dienone is 7. The molecule has 16 heteroatoms. The third kappa shape index (κ3) is 5.75. The predicted molar refractivity (Wildman–Crippen MR) is 165 cm³/mol. The number of alkyl halides is 9. The van der Waals surface area contributed by atoms with Crippen LogP contribution >= 0.6 is 0 Å². The minimum atomic E-state index is -5.73. The highest BCUT2D eigenvalue weighted by Gasteiger charge is 2.53. The average Bonchev–Trinajstić information content (AvgIpc) is 3.56. The third-order valence-electron chi connectivity index (χ3n) is 7.89. The molecule has 0 N–H and O–H groups in total. The van der Waals surface area contributed by atoms with E-state index in [4.69, 9.17) is 19.7 Å². The normalized spacial score (nSPS) is 15.7. The first-order valence-electron chi connectivity index (χ1n) is 14.0. The van der Waals surface area contributed by atoms with Gasteiger partial charge < -0.3 is 4.74 Å². The van der Waals surface area contributed by atoms with Crippen LogP contribution in [0.1, 0.15) is 50.1 Å². The van der Waals surface area contributed by atoms with E-state index in [9.17, 15) is 29.0 Å². The number of hydrogen-bond donors (Lipinski definition) is 0. The van der Waals surface area contributed by atoms with E-state index in [-0.39, 0.29) is 5.56 Å². The van der Waals surface area contributed by atoms with Crippen molar-refractivity contribution in [3.63, 3.8) is 0 Å². The van der Waals surface area contributed by atoms with Gasteiger partial charge in [-0.05, 0) is 58.0 Å². The molecule has 3 aromatic carbocycles. The lowest BCUT2D eigenvalue weighted by Gasteiger charge is -2.25. The molecule has 0 radical (unpaired) electrons. The molecule has 0 bridgehead atoms.